The van der Waals surface area contributed by atoms with Gasteiger partial charge >= 0.3 is 11.9 Å². The van der Waals surface area contributed by atoms with Gasteiger partial charge in [-0.2, -0.15) is 0 Å². The molecule has 0 saturated heterocycles. The first-order chi connectivity index (χ1) is 29.6. The van der Waals surface area contributed by atoms with Gasteiger partial charge in [0.15, 0.2) is 6.10 Å². The van der Waals surface area contributed by atoms with Gasteiger partial charge in [0.2, 0.25) is 0 Å². The Hall–Kier alpha value is -2.66. The number of allylic oxidation sites excluding steroid dienone is 12. The van der Waals surface area contributed by atoms with E-state index in [1.54, 1.807) is 0 Å². The molecule has 0 radical (unpaired) electrons. The van der Waals surface area contributed by atoms with Gasteiger partial charge in [-0.05, 0) is 103 Å². The molecule has 0 aromatic carbocycles. The van der Waals surface area contributed by atoms with Crippen molar-refractivity contribution in [1.82, 2.24) is 0 Å². The number of ether oxygens (including phenoxy) is 3. The van der Waals surface area contributed by atoms with E-state index in [4.69, 9.17) is 14.2 Å². The molecule has 5 heteroatoms. The average Bonchev–Trinajstić information content (AvgIpc) is 3.25. The summed E-state index contributed by atoms with van der Waals surface area (Å²) < 4.78 is 17.4. The molecule has 0 N–H and O–H groups in total. The van der Waals surface area contributed by atoms with Gasteiger partial charge in [0.1, 0.15) is 6.61 Å². The average molecular weight is 837 g/mol. The largest absolute Gasteiger partial charge is 0.462 e. The lowest BCUT2D eigenvalue weighted by atomic mass is 10.1. The molecule has 5 nitrogen and oxygen atoms in total. The van der Waals surface area contributed by atoms with E-state index in [2.05, 4.69) is 93.7 Å². The van der Waals surface area contributed by atoms with Crippen molar-refractivity contribution in [3.63, 3.8) is 0 Å². The third kappa shape index (κ3) is 48.0. The number of rotatable bonds is 46. The minimum absolute atomic E-state index is 0.0651. The van der Waals surface area contributed by atoms with Gasteiger partial charge in [-0.25, -0.2) is 0 Å². The summed E-state index contributed by atoms with van der Waals surface area (Å²) in [5.41, 5.74) is 0. The molecule has 0 amide bonds. The van der Waals surface area contributed by atoms with Gasteiger partial charge in [0, 0.05) is 19.4 Å². The van der Waals surface area contributed by atoms with E-state index < -0.39 is 6.10 Å². The van der Waals surface area contributed by atoms with Crippen LogP contribution in [0.3, 0.4) is 0 Å². The van der Waals surface area contributed by atoms with Crippen LogP contribution in [-0.2, 0) is 23.8 Å². The Bertz CT molecular complexity index is 1080. The van der Waals surface area contributed by atoms with Crippen LogP contribution in [0.25, 0.3) is 0 Å². The molecule has 0 fully saturated rings. The molecule has 0 bridgehead atoms. The minimum atomic E-state index is -0.560. The maximum atomic E-state index is 12.8. The van der Waals surface area contributed by atoms with Crippen molar-refractivity contribution in [3.8, 4) is 0 Å². The van der Waals surface area contributed by atoms with Gasteiger partial charge in [-0.15, -0.1) is 0 Å². The Balaban J connectivity index is 4.31. The number of carbonyl (C=O) groups excluding carboxylic acids is 2. The molecular formula is C55H96O5. The molecule has 0 aliphatic rings. The van der Waals surface area contributed by atoms with Gasteiger partial charge in [0.05, 0.1) is 6.61 Å². The number of hydrogen-bond acceptors (Lipinski definition) is 5. The first-order valence-corrected chi connectivity index (χ1v) is 25.5. The lowest BCUT2D eigenvalue weighted by Crippen LogP contribution is -2.30. The molecule has 0 spiro atoms. The minimum Gasteiger partial charge on any atom is -0.462 e. The molecule has 346 valence electrons. The lowest BCUT2D eigenvalue weighted by Gasteiger charge is -2.18. The molecule has 0 aliphatic heterocycles. The maximum absolute atomic E-state index is 12.8. The second-order valence-corrected chi connectivity index (χ2v) is 16.7. The standard InChI is InChI=1S/C55H96O5/c1-4-7-10-13-16-19-22-25-27-28-29-31-33-36-39-42-45-48-54(56)59-52-53(51-58-50-47-44-41-38-35-32-26-23-20-17-14-11-8-5-2)60-55(57)49-46-43-40-37-34-30-24-21-18-15-12-9-6-3/h9,11-12,14,18,20-21,23,25,27,30,34,53H,4-8,10,13,15-17,19,22,24,26,28-29,31-33,35-52H2,1-3H3/b12-9-,14-11-,21-18-,23-20-,27-25-,34-30-. The quantitative estimate of drug-likeness (QED) is 0.0347. The summed E-state index contributed by atoms with van der Waals surface area (Å²) in [5.74, 6) is -0.440. The summed E-state index contributed by atoms with van der Waals surface area (Å²) in [7, 11) is 0. The zero-order valence-corrected chi connectivity index (χ0v) is 39.7. The van der Waals surface area contributed by atoms with Crippen LogP contribution in [0, 0.1) is 0 Å². The second kappa shape index (κ2) is 50.7. The lowest BCUT2D eigenvalue weighted by molar-refractivity contribution is -0.163. The highest BCUT2D eigenvalue weighted by Gasteiger charge is 2.17. The fourth-order valence-corrected chi connectivity index (χ4v) is 6.91. The van der Waals surface area contributed by atoms with Crippen LogP contribution in [-0.4, -0.2) is 37.9 Å². The number of esters is 2. The van der Waals surface area contributed by atoms with E-state index in [1.807, 2.05) is 0 Å². The smallest absolute Gasteiger partial charge is 0.306 e. The fraction of sp³-hybridized carbons (Fsp3) is 0.745. The molecule has 0 aliphatic carbocycles. The van der Waals surface area contributed by atoms with Crippen molar-refractivity contribution >= 4 is 11.9 Å². The van der Waals surface area contributed by atoms with E-state index in [0.29, 0.717) is 19.4 Å². The van der Waals surface area contributed by atoms with E-state index in [1.165, 1.54) is 122 Å². The number of unbranched alkanes of at least 4 members (excludes halogenated alkanes) is 23. The number of hydrogen-bond donors (Lipinski definition) is 0. The van der Waals surface area contributed by atoms with Crippen LogP contribution in [0.2, 0.25) is 0 Å². The van der Waals surface area contributed by atoms with E-state index in [0.717, 1.165) is 83.5 Å². The van der Waals surface area contributed by atoms with Crippen molar-refractivity contribution in [3.05, 3.63) is 72.9 Å². The molecule has 1 unspecified atom stereocenters. The van der Waals surface area contributed by atoms with Crippen LogP contribution in [0.4, 0.5) is 0 Å². The van der Waals surface area contributed by atoms with Crippen LogP contribution in [0.5, 0.6) is 0 Å². The third-order valence-corrected chi connectivity index (χ3v) is 10.7. The Labute approximate surface area is 372 Å². The summed E-state index contributed by atoms with van der Waals surface area (Å²) in [6, 6.07) is 0. The summed E-state index contributed by atoms with van der Waals surface area (Å²) in [6.45, 7) is 7.60. The molecule has 0 rings (SSSR count). The molecule has 60 heavy (non-hydrogen) atoms. The zero-order valence-electron chi connectivity index (χ0n) is 39.7. The molecule has 0 aromatic heterocycles. The Kier molecular flexibility index (Phi) is 48.4. The van der Waals surface area contributed by atoms with Crippen molar-refractivity contribution < 1.29 is 23.8 Å². The fourth-order valence-electron chi connectivity index (χ4n) is 6.91. The van der Waals surface area contributed by atoms with E-state index >= 15 is 0 Å². The molecular weight excluding hydrogens is 741 g/mol. The number of carbonyl (C=O) groups is 2. The first-order valence-electron chi connectivity index (χ1n) is 25.5. The SMILES string of the molecule is CC/C=C\C/C=C\C/C=C\CCCCCC(=O)OC(COCCCCCCCC/C=C\C/C=C\CCC)COC(=O)CCCCCCCCC/C=C\CCCCCCCC. The highest BCUT2D eigenvalue weighted by atomic mass is 16.6. The highest BCUT2D eigenvalue weighted by molar-refractivity contribution is 5.70. The van der Waals surface area contributed by atoms with Gasteiger partial charge in [0.25, 0.3) is 0 Å². The Morgan fingerprint density at radius 3 is 1.30 bits per heavy atom. The maximum Gasteiger partial charge on any atom is 0.306 e. The first kappa shape index (κ1) is 57.3. The van der Waals surface area contributed by atoms with Crippen molar-refractivity contribution in [1.29, 1.82) is 0 Å². The van der Waals surface area contributed by atoms with E-state index in [9.17, 15) is 9.59 Å². The highest BCUT2D eigenvalue weighted by Crippen LogP contribution is 2.13. The topological polar surface area (TPSA) is 61.8 Å². The van der Waals surface area contributed by atoms with Crippen LogP contribution < -0.4 is 0 Å². The summed E-state index contributed by atoms with van der Waals surface area (Å²) in [6.07, 6.45) is 64.8. The van der Waals surface area contributed by atoms with Crippen LogP contribution in [0.15, 0.2) is 72.9 Å². The predicted molar refractivity (Wildman–Crippen MR) is 260 cm³/mol. The Morgan fingerprint density at radius 2 is 0.783 bits per heavy atom. The predicted octanol–water partition coefficient (Wildman–Crippen LogP) is 17.1. The third-order valence-electron chi connectivity index (χ3n) is 10.7. The second-order valence-electron chi connectivity index (χ2n) is 16.7. The van der Waals surface area contributed by atoms with Crippen molar-refractivity contribution in [2.75, 3.05) is 19.8 Å². The monoisotopic (exact) mass is 837 g/mol. The molecule has 0 aromatic rings. The van der Waals surface area contributed by atoms with Crippen molar-refractivity contribution in [2.45, 2.75) is 245 Å². The van der Waals surface area contributed by atoms with Crippen molar-refractivity contribution in [2.24, 2.45) is 0 Å². The zero-order chi connectivity index (χ0) is 43.5. The Morgan fingerprint density at radius 1 is 0.383 bits per heavy atom. The summed E-state index contributed by atoms with van der Waals surface area (Å²) in [4.78, 5) is 25.4. The van der Waals surface area contributed by atoms with Crippen LogP contribution in [0.1, 0.15) is 239 Å². The molecule has 0 saturated carbocycles. The van der Waals surface area contributed by atoms with Gasteiger partial charge in [-0.3, -0.25) is 9.59 Å². The normalized spacial score (nSPS) is 12.8. The van der Waals surface area contributed by atoms with Gasteiger partial charge in [-0.1, -0.05) is 196 Å². The summed E-state index contributed by atoms with van der Waals surface area (Å²) in [5, 5.41) is 0. The van der Waals surface area contributed by atoms with Gasteiger partial charge < -0.3 is 14.2 Å². The summed E-state index contributed by atoms with van der Waals surface area (Å²) >= 11 is 0. The van der Waals surface area contributed by atoms with E-state index in [-0.39, 0.29) is 25.2 Å². The molecule has 1 atom stereocenters. The molecule has 0 heterocycles. The van der Waals surface area contributed by atoms with Crippen LogP contribution >= 0.6 is 0 Å².